The lowest BCUT2D eigenvalue weighted by atomic mass is 10.2. The summed E-state index contributed by atoms with van der Waals surface area (Å²) in [5, 5.41) is 1.00. The van der Waals surface area contributed by atoms with Gasteiger partial charge in [-0.3, -0.25) is 0 Å². The zero-order valence-corrected chi connectivity index (χ0v) is 10.8. The first-order chi connectivity index (χ1) is 8.20. The van der Waals surface area contributed by atoms with E-state index in [4.69, 9.17) is 10.5 Å². The van der Waals surface area contributed by atoms with Gasteiger partial charge in [-0.15, -0.1) is 11.3 Å². The molecule has 0 amide bonds. The summed E-state index contributed by atoms with van der Waals surface area (Å²) < 4.78 is 5.40. The molecule has 17 heavy (non-hydrogen) atoms. The van der Waals surface area contributed by atoms with Gasteiger partial charge < -0.3 is 10.5 Å². The molecule has 1 heterocycles. The standard InChI is InChI=1S/C13H16N2OS/c1-3-16-11-6-4-10(5-7-11)13-15-8-12(17-13)9(2)14/h4-9H,3,14H2,1-2H3. The Bertz CT molecular complexity index is 476. The molecule has 1 aromatic heterocycles. The van der Waals surface area contributed by atoms with Crippen molar-refractivity contribution in [3.63, 3.8) is 0 Å². The first-order valence-corrected chi connectivity index (χ1v) is 6.47. The van der Waals surface area contributed by atoms with E-state index >= 15 is 0 Å². The molecule has 2 N–H and O–H groups in total. The van der Waals surface area contributed by atoms with Crippen molar-refractivity contribution < 1.29 is 4.74 Å². The number of thiazole rings is 1. The fraction of sp³-hybridized carbons (Fsp3) is 0.308. The van der Waals surface area contributed by atoms with E-state index in [0.29, 0.717) is 6.61 Å². The summed E-state index contributed by atoms with van der Waals surface area (Å²) in [6.45, 7) is 4.63. The van der Waals surface area contributed by atoms with E-state index in [1.807, 2.05) is 44.3 Å². The summed E-state index contributed by atoms with van der Waals surface area (Å²) in [5.41, 5.74) is 6.92. The van der Waals surface area contributed by atoms with E-state index in [-0.39, 0.29) is 6.04 Å². The van der Waals surface area contributed by atoms with Crippen LogP contribution in [0.15, 0.2) is 30.5 Å². The van der Waals surface area contributed by atoms with Gasteiger partial charge >= 0.3 is 0 Å². The van der Waals surface area contributed by atoms with Crippen molar-refractivity contribution in [2.45, 2.75) is 19.9 Å². The van der Waals surface area contributed by atoms with Gasteiger partial charge in [-0.25, -0.2) is 4.98 Å². The third-order valence-electron chi connectivity index (χ3n) is 2.38. The van der Waals surface area contributed by atoms with Gasteiger partial charge in [0.05, 0.1) is 6.61 Å². The molecule has 1 unspecified atom stereocenters. The van der Waals surface area contributed by atoms with Crippen LogP contribution in [0.1, 0.15) is 24.8 Å². The Morgan fingerprint density at radius 2 is 2.06 bits per heavy atom. The number of aromatic nitrogens is 1. The molecule has 0 saturated heterocycles. The van der Waals surface area contributed by atoms with E-state index in [2.05, 4.69) is 4.98 Å². The monoisotopic (exact) mass is 248 g/mol. The number of hydrogen-bond donors (Lipinski definition) is 1. The molecule has 3 nitrogen and oxygen atoms in total. The van der Waals surface area contributed by atoms with E-state index in [9.17, 15) is 0 Å². The fourth-order valence-corrected chi connectivity index (χ4v) is 2.36. The van der Waals surface area contributed by atoms with Crippen molar-refractivity contribution in [1.82, 2.24) is 4.98 Å². The molecule has 2 aromatic rings. The minimum Gasteiger partial charge on any atom is -0.494 e. The molecule has 1 aromatic carbocycles. The fourth-order valence-electron chi connectivity index (χ4n) is 1.49. The molecule has 0 aliphatic carbocycles. The van der Waals surface area contributed by atoms with Gasteiger partial charge in [-0.1, -0.05) is 0 Å². The van der Waals surface area contributed by atoms with Crippen molar-refractivity contribution in [2.24, 2.45) is 5.73 Å². The molecule has 0 aliphatic rings. The molecule has 0 saturated carbocycles. The lowest BCUT2D eigenvalue weighted by Crippen LogP contribution is -2.01. The minimum atomic E-state index is 0.0453. The number of nitrogens with two attached hydrogens (primary N) is 1. The second-order valence-corrected chi connectivity index (χ2v) is 4.88. The van der Waals surface area contributed by atoms with Crippen LogP contribution < -0.4 is 10.5 Å². The molecule has 1 atom stereocenters. The normalized spacial score (nSPS) is 12.4. The van der Waals surface area contributed by atoms with Crippen LogP contribution in [0.3, 0.4) is 0 Å². The number of benzene rings is 1. The Hall–Kier alpha value is -1.39. The number of hydrogen-bond acceptors (Lipinski definition) is 4. The molecular weight excluding hydrogens is 232 g/mol. The molecule has 4 heteroatoms. The highest BCUT2D eigenvalue weighted by atomic mass is 32.1. The van der Waals surface area contributed by atoms with Crippen LogP contribution >= 0.6 is 11.3 Å². The molecule has 0 fully saturated rings. The van der Waals surface area contributed by atoms with Gasteiger partial charge in [0.1, 0.15) is 10.8 Å². The van der Waals surface area contributed by atoms with E-state index in [1.165, 1.54) is 0 Å². The van der Waals surface area contributed by atoms with Crippen molar-refractivity contribution in [1.29, 1.82) is 0 Å². The SMILES string of the molecule is CCOc1ccc(-c2ncc(C(C)N)s2)cc1. The smallest absolute Gasteiger partial charge is 0.123 e. The van der Waals surface area contributed by atoms with Crippen molar-refractivity contribution in [2.75, 3.05) is 6.61 Å². The van der Waals surface area contributed by atoms with Gasteiger partial charge in [0.2, 0.25) is 0 Å². The number of nitrogens with zero attached hydrogens (tertiary/aromatic N) is 1. The second kappa shape index (κ2) is 5.29. The zero-order chi connectivity index (χ0) is 12.3. The predicted molar refractivity (Wildman–Crippen MR) is 71.3 cm³/mol. The molecular formula is C13H16N2OS. The van der Waals surface area contributed by atoms with Gasteiger partial charge in [0.15, 0.2) is 0 Å². The maximum absolute atomic E-state index is 5.82. The second-order valence-electron chi connectivity index (χ2n) is 3.81. The average Bonchev–Trinajstić information content (AvgIpc) is 2.80. The van der Waals surface area contributed by atoms with Crippen LogP contribution in [0.2, 0.25) is 0 Å². The highest BCUT2D eigenvalue weighted by Gasteiger charge is 2.07. The Morgan fingerprint density at radius 1 is 1.35 bits per heavy atom. The summed E-state index contributed by atoms with van der Waals surface area (Å²) in [5.74, 6) is 0.889. The van der Waals surface area contributed by atoms with Crippen LogP contribution in [-0.4, -0.2) is 11.6 Å². The Labute approximate surface area is 105 Å². The maximum Gasteiger partial charge on any atom is 0.123 e. The van der Waals surface area contributed by atoms with Crippen molar-refractivity contribution in [3.05, 3.63) is 35.3 Å². The highest BCUT2D eigenvalue weighted by molar-refractivity contribution is 7.15. The van der Waals surface area contributed by atoms with Crippen LogP contribution in [0, 0.1) is 0 Å². The summed E-state index contributed by atoms with van der Waals surface area (Å²) in [4.78, 5) is 5.49. The van der Waals surface area contributed by atoms with E-state index in [1.54, 1.807) is 11.3 Å². The number of ether oxygens (including phenoxy) is 1. The molecule has 0 spiro atoms. The molecule has 2 rings (SSSR count). The van der Waals surface area contributed by atoms with Crippen molar-refractivity contribution in [3.8, 4) is 16.3 Å². The Balaban J connectivity index is 2.21. The molecule has 0 radical (unpaired) electrons. The largest absolute Gasteiger partial charge is 0.494 e. The summed E-state index contributed by atoms with van der Waals surface area (Å²) in [6, 6.07) is 8.02. The summed E-state index contributed by atoms with van der Waals surface area (Å²) >= 11 is 1.64. The molecule has 0 aliphatic heterocycles. The van der Waals surface area contributed by atoms with Gasteiger partial charge in [0, 0.05) is 22.7 Å². The molecule has 90 valence electrons. The Kier molecular flexibility index (Phi) is 3.76. The minimum absolute atomic E-state index is 0.0453. The van der Waals surface area contributed by atoms with Gasteiger partial charge in [-0.05, 0) is 38.1 Å². The van der Waals surface area contributed by atoms with E-state index < -0.39 is 0 Å². The topological polar surface area (TPSA) is 48.1 Å². The lowest BCUT2D eigenvalue weighted by molar-refractivity contribution is 0.340. The molecule has 0 bridgehead atoms. The van der Waals surface area contributed by atoms with Crippen molar-refractivity contribution >= 4 is 11.3 Å². The van der Waals surface area contributed by atoms with Gasteiger partial charge in [0.25, 0.3) is 0 Å². The van der Waals surface area contributed by atoms with Crippen LogP contribution in [0.25, 0.3) is 10.6 Å². The zero-order valence-electron chi connectivity index (χ0n) is 10.0. The average molecular weight is 248 g/mol. The van der Waals surface area contributed by atoms with Crippen LogP contribution in [0.4, 0.5) is 0 Å². The predicted octanol–water partition coefficient (Wildman–Crippen LogP) is 3.23. The highest BCUT2D eigenvalue weighted by Crippen LogP contribution is 2.28. The first kappa shape index (κ1) is 12.1. The number of rotatable bonds is 4. The Morgan fingerprint density at radius 3 is 2.59 bits per heavy atom. The summed E-state index contributed by atoms with van der Waals surface area (Å²) in [6.07, 6.45) is 1.85. The first-order valence-electron chi connectivity index (χ1n) is 5.65. The third kappa shape index (κ3) is 2.84. The summed E-state index contributed by atoms with van der Waals surface area (Å²) in [7, 11) is 0. The maximum atomic E-state index is 5.82. The third-order valence-corrected chi connectivity index (χ3v) is 3.63. The van der Waals surface area contributed by atoms with E-state index in [0.717, 1.165) is 21.2 Å². The quantitative estimate of drug-likeness (QED) is 0.903. The van der Waals surface area contributed by atoms with Crippen LogP contribution in [-0.2, 0) is 0 Å². The van der Waals surface area contributed by atoms with Crippen LogP contribution in [0.5, 0.6) is 5.75 Å². The lowest BCUT2D eigenvalue weighted by Gasteiger charge is -2.03. The van der Waals surface area contributed by atoms with Gasteiger partial charge in [-0.2, -0.15) is 0 Å².